The third kappa shape index (κ3) is 2.29. The molecule has 1 aliphatic heterocycles. The average Bonchev–Trinajstić information content (AvgIpc) is 2.60. The van der Waals surface area contributed by atoms with Crippen LogP contribution in [0.4, 0.5) is 0 Å². The van der Waals surface area contributed by atoms with Gasteiger partial charge in [0.25, 0.3) is 0 Å². The molecule has 2 atom stereocenters. The Bertz CT molecular complexity index is 436. The predicted molar refractivity (Wildman–Crippen MR) is 71.9 cm³/mol. The molecule has 0 spiro atoms. The van der Waals surface area contributed by atoms with Gasteiger partial charge in [0.1, 0.15) is 6.10 Å². The maximum atomic E-state index is 6.21. The molecule has 2 unspecified atom stereocenters. The molecule has 1 aromatic carbocycles. The second-order valence-electron chi connectivity index (χ2n) is 4.65. The second-order valence-corrected chi connectivity index (χ2v) is 5.47. The van der Waals surface area contributed by atoms with Gasteiger partial charge in [0.2, 0.25) is 0 Å². The smallest absolute Gasteiger partial charge is 0.133 e. The van der Waals surface area contributed by atoms with Crippen LogP contribution in [0.1, 0.15) is 26.3 Å². The van der Waals surface area contributed by atoms with Crippen LogP contribution in [0.15, 0.2) is 23.4 Å². The van der Waals surface area contributed by atoms with Crippen molar-refractivity contribution >= 4 is 28.9 Å². The van der Waals surface area contributed by atoms with Gasteiger partial charge in [-0.2, -0.15) is 0 Å². The molecule has 0 saturated carbocycles. The SMILES string of the molecule is CC(C)C1C(c2c(Cl)cccc2Cl)=NOC1C. The van der Waals surface area contributed by atoms with E-state index in [2.05, 4.69) is 19.0 Å². The average molecular weight is 272 g/mol. The predicted octanol–water partition coefficient (Wildman–Crippen LogP) is 4.39. The number of halogens is 2. The highest BCUT2D eigenvalue weighted by molar-refractivity contribution is 6.40. The van der Waals surface area contributed by atoms with Crippen molar-refractivity contribution in [3.8, 4) is 0 Å². The molecule has 0 saturated heterocycles. The van der Waals surface area contributed by atoms with Crippen molar-refractivity contribution in [3.63, 3.8) is 0 Å². The Kier molecular flexibility index (Phi) is 3.64. The van der Waals surface area contributed by atoms with E-state index < -0.39 is 0 Å². The number of hydrogen-bond acceptors (Lipinski definition) is 2. The van der Waals surface area contributed by atoms with Gasteiger partial charge in [0.05, 0.1) is 15.8 Å². The van der Waals surface area contributed by atoms with Gasteiger partial charge < -0.3 is 4.84 Å². The van der Waals surface area contributed by atoms with Crippen LogP contribution in [0.25, 0.3) is 0 Å². The summed E-state index contributed by atoms with van der Waals surface area (Å²) >= 11 is 12.4. The standard InChI is InChI=1S/C13H15Cl2NO/c1-7(2)11-8(3)17-16-13(11)12-9(14)5-4-6-10(12)15/h4-8,11H,1-3H3. The third-order valence-electron chi connectivity index (χ3n) is 3.08. The molecule has 2 nitrogen and oxygen atoms in total. The van der Waals surface area contributed by atoms with Crippen LogP contribution in [0.3, 0.4) is 0 Å². The van der Waals surface area contributed by atoms with Crippen LogP contribution in [-0.4, -0.2) is 11.8 Å². The van der Waals surface area contributed by atoms with E-state index in [1.807, 2.05) is 25.1 Å². The molecule has 1 aromatic rings. The number of hydrogen-bond donors (Lipinski definition) is 0. The Labute approximate surface area is 112 Å². The molecule has 0 aromatic heterocycles. The summed E-state index contributed by atoms with van der Waals surface area (Å²) in [6.45, 7) is 6.32. The van der Waals surface area contributed by atoms with E-state index in [1.54, 1.807) is 0 Å². The van der Waals surface area contributed by atoms with Crippen LogP contribution in [-0.2, 0) is 4.84 Å². The number of rotatable bonds is 2. The first-order chi connectivity index (χ1) is 8.02. The van der Waals surface area contributed by atoms with Crippen LogP contribution in [0.2, 0.25) is 10.0 Å². The topological polar surface area (TPSA) is 21.6 Å². The Hall–Kier alpha value is -0.730. The van der Waals surface area contributed by atoms with Gasteiger partial charge in [-0.15, -0.1) is 0 Å². The van der Waals surface area contributed by atoms with Crippen molar-refractivity contribution in [2.24, 2.45) is 17.0 Å². The highest BCUT2D eigenvalue weighted by Gasteiger charge is 2.35. The fraction of sp³-hybridized carbons (Fsp3) is 0.462. The fourth-order valence-corrected chi connectivity index (χ4v) is 2.89. The summed E-state index contributed by atoms with van der Waals surface area (Å²) in [5.41, 5.74) is 1.67. The minimum atomic E-state index is 0.0670. The fourth-order valence-electron chi connectivity index (χ4n) is 2.30. The first-order valence-electron chi connectivity index (χ1n) is 5.70. The van der Waals surface area contributed by atoms with Crippen molar-refractivity contribution in [1.82, 2.24) is 0 Å². The molecule has 0 bridgehead atoms. The lowest BCUT2D eigenvalue weighted by Gasteiger charge is -2.20. The summed E-state index contributed by atoms with van der Waals surface area (Å²) in [7, 11) is 0. The summed E-state index contributed by atoms with van der Waals surface area (Å²) in [4.78, 5) is 5.37. The molecule has 4 heteroatoms. The normalized spacial score (nSPS) is 23.8. The molecular weight excluding hydrogens is 257 g/mol. The van der Waals surface area contributed by atoms with E-state index in [-0.39, 0.29) is 12.0 Å². The molecule has 0 aliphatic carbocycles. The molecule has 0 amide bonds. The molecular formula is C13H15Cl2NO. The van der Waals surface area contributed by atoms with Crippen LogP contribution < -0.4 is 0 Å². The van der Waals surface area contributed by atoms with Gasteiger partial charge in [0, 0.05) is 11.5 Å². The quantitative estimate of drug-likeness (QED) is 0.782. The van der Waals surface area contributed by atoms with Crippen molar-refractivity contribution in [3.05, 3.63) is 33.8 Å². The van der Waals surface area contributed by atoms with Crippen molar-refractivity contribution in [1.29, 1.82) is 0 Å². The Balaban J connectivity index is 2.47. The van der Waals surface area contributed by atoms with Gasteiger partial charge in [-0.1, -0.05) is 48.3 Å². The lowest BCUT2D eigenvalue weighted by molar-refractivity contribution is 0.0654. The van der Waals surface area contributed by atoms with E-state index in [4.69, 9.17) is 28.0 Å². The Morgan fingerprint density at radius 1 is 1.24 bits per heavy atom. The lowest BCUT2D eigenvalue weighted by Crippen LogP contribution is -2.27. The zero-order valence-electron chi connectivity index (χ0n) is 10.1. The molecule has 17 heavy (non-hydrogen) atoms. The Morgan fingerprint density at radius 2 is 1.82 bits per heavy atom. The first kappa shape index (κ1) is 12.7. The van der Waals surface area contributed by atoms with Gasteiger partial charge >= 0.3 is 0 Å². The second kappa shape index (κ2) is 4.87. The largest absolute Gasteiger partial charge is 0.392 e. The van der Waals surface area contributed by atoms with Crippen molar-refractivity contribution in [2.75, 3.05) is 0 Å². The molecule has 0 N–H and O–H groups in total. The van der Waals surface area contributed by atoms with Crippen LogP contribution in [0, 0.1) is 11.8 Å². The third-order valence-corrected chi connectivity index (χ3v) is 3.71. The van der Waals surface area contributed by atoms with Crippen LogP contribution in [0.5, 0.6) is 0 Å². The summed E-state index contributed by atoms with van der Waals surface area (Å²) < 4.78 is 0. The number of benzene rings is 1. The zero-order valence-corrected chi connectivity index (χ0v) is 11.6. The molecule has 2 rings (SSSR count). The highest BCUT2D eigenvalue weighted by atomic mass is 35.5. The molecule has 92 valence electrons. The minimum absolute atomic E-state index is 0.0670. The molecule has 0 radical (unpaired) electrons. The van der Waals surface area contributed by atoms with Crippen molar-refractivity contribution < 1.29 is 4.84 Å². The maximum absolute atomic E-state index is 6.21. The van der Waals surface area contributed by atoms with Gasteiger partial charge in [-0.05, 0) is 25.0 Å². The van der Waals surface area contributed by atoms with Crippen molar-refractivity contribution in [2.45, 2.75) is 26.9 Å². The molecule has 0 fully saturated rings. The van der Waals surface area contributed by atoms with Gasteiger partial charge in [0.15, 0.2) is 0 Å². The van der Waals surface area contributed by atoms with E-state index >= 15 is 0 Å². The van der Waals surface area contributed by atoms with E-state index in [0.717, 1.165) is 11.3 Å². The first-order valence-corrected chi connectivity index (χ1v) is 6.46. The van der Waals surface area contributed by atoms with Crippen LogP contribution >= 0.6 is 23.2 Å². The number of oxime groups is 1. The minimum Gasteiger partial charge on any atom is -0.392 e. The van der Waals surface area contributed by atoms with E-state index in [9.17, 15) is 0 Å². The lowest BCUT2D eigenvalue weighted by atomic mass is 9.84. The molecule has 1 aliphatic rings. The van der Waals surface area contributed by atoms with E-state index in [1.165, 1.54) is 0 Å². The van der Waals surface area contributed by atoms with E-state index in [0.29, 0.717) is 16.0 Å². The maximum Gasteiger partial charge on any atom is 0.133 e. The summed E-state index contributed by atoms with van der Waals surface area (Å²) in [6, 6.07) is 5.48. The monoisotopic (exact) mass is 271 g/mol. The van der Waals surface area contributed by atoms with Gasteiger partial charge in [-0.25, -0.2) is 0 Å². The molecule has 1 heterocycles. The summed E-state index contributed by atoms with van der Waals surface area (Å²) in [6.07, 6.45) is 0.0670. The Morgan fingerprint density at radius 3 is 2.35 bits per heavy atom. The highest BCUT2D eigenvalue weighted by Crippen LogP contribution is 2.35. The summed E-state index contributed by atoms with van der Waals surface area (Å²) in [5, 5.41) is 5.41. The summed E-state index contributed by atoms with van der Waals surface area (Å²) in [5.74, 6) is 0.658. The number of nitrogens with zero attached hydrogens (tertiary/aromatic N) is 1. The van der Waals surface area contributed by atoms with Gasteiger partial charge in [-0.3, -0.25) is 0 Å². The zero-order chi connectivity index (χ0) is 12.6.